The summed E-state index contributed by atoms with van der Waals surface area (Å²) < 4.78 is 1.58. The summed E-state index contributed by atoms with van der Waals surface area (Å²) in [6.07, 6.45) is 2.02. The fourth-order valence-electron chi connectivity index (χ4n) is 1.45. The third-order valence-electron chi connectivity index (χ3n) is 2.36. The SMILES string of the molecule is Cn1cnc(CNC(=O)c2csc(C#CCCO)c2)n1. The molecular weight excluding hydrogens is 276 g/mol. The van der Waals surface area contributed by atoms with Crippen molar-refractivity contribution in [3.63, 3.8) is 0 Å². The Bertz CT molecular complexity index is 651. The molecule has 6 nitrogen and oxygen atoms in total. The minimum atomic E-state index is -0.177. The molecule has 2 aromatic rings. The Balaban J connectivity index is 1.91. The van der Waals surface area contributed by atoms with E-state index in [0.717, 1.165) is 4.88 Å². The Kier molecular flexibility index (Phi) is 4.87. The van der Waals surface area contributed by atoms with Gasteiger partial charge in [0.1, 0.15) is 6.33 Å². The van der Waals surface area contributed by atoms with Gasteiger partial charge in [0.25, 0.3) is 5.91 Å². The molecule has 0 bridgehead atoms. The van der Waals surface area contributed by atoms with Crippen LogP contribution in [-0.4, -0.2) is 32.4 Å². The molecule has 0 atom stereocenters. The summed E-state index contributed by atoms with van der Waals surface area (Å²) in [6, 6.07) is 1.73. The molecule has 0 aliphatic rings. The highest BCUT2D eigenvalue weighted by Gasteiger charge is 2.08. The van der Waals surface area contributed by atoms with Gasteiger partial charge in [0.2, 0.25) is 0 Å². The van der Waals surface area contributed by atoms with Gasteiger partial charge in [-0.1, -0.05) is 11.8 Å². The number of carbonyl (C=O) groups excluding carboxylic acids is 1. The summed E-state index contributed by atoms with van der Waals surface area (Å²) in [5.41, 5.74) is 0.569. The first-order valence-electron chi connectivity index (χ1n) is 6.00. The van der Waals surface area contributed by atoms with Gasteiger partial charge in [-0.25, -0.2) is 4.98 Å². The van der Waals surface area contributed by atoms with Crippen LogP contribution in [0.25, 0.3) is 0 Å². The summed E-state index contributed by atoms with van der Waals surface area (Å²) in [4.78, 5) is 16.7. The second-order valence-electron chi connectivity index (χ2n) is 3.99. The smallest absolute Gasteiger partial charge is 0.252 e. The van der Waals surface area contributed by atoms with E-state index in [1.54, 1.807) is 29.5 Å². The standard InChI is InChI=1S/C13H14N4O2S/c1-17-9-15-12(16-17)7-14-13(19)10-6-11(20-8-10)4-2-3-5-18/h6,8-9,18H,3,5,7H2,1H3,(H,14,19). The molecule has 0 radical (unpaired) electrons. The minimum Gasteiger partial charge on any atom is -0.395 e. The molecule has 0 aliphatic heterocycles. The van der Waals surface area contributed by atoms with Crippen LogP contribution in [0, 0.1) is 11.8 Å². The molecule has 0 unspecified atom stereocenters. The molecule has 1 amide bonds. The molecule has 0 aliphatic carbocycles. The van der Waals surface area contributed by atoms with E-state index in [0.29, 0.717) is 24.4 Å². The molecule has 0 saturated heterocycles. The molecule has 0 aromatic carbocycles. The minimum absolute atomic E-state index is 0.0444. The van der Waals surface area contributed by atoms with Crippen molar-refractivity contribution >= 4 is 17.2 Å². The first-order valence-corrected chi connectivity index (χ1v) is 6.88. The number of amides is 1. The molecule has 20 heavy (non-hydrogen) atoms. The summed E-state index contributed by atoms with van der Waals surface area (Å²) in [5, 5.41) is 17.2. The van der Waals surface area contributed by atoms with Crippen molar-refractivity contribution in [1.82, 2.24) is 20.1 Å². The van der Waals surface area contributed by atoms with Crippen molar-refractivity contribution < 1.29 is 9.90 Å². The Labute approximate surface area is 120 Å². The number of aryl methyl sites for hydroxylation is 1. The van der Waals surface area contributed by atoms with Crippen LogP contribution in [0.4, 0.5) is 0 Å². The Morgan fingerprint density at radius 3 is 3.15 bits per heavy atom. The number of aliphatic hydroxyl groups excluding tert-OH is 1. The predicted octanol–water partition coefficient (Wildman–Crippen LogP) is 0.540. The van der Waals surface area contributed by atoms with E-state index in [1.807, 2.05) is 0 Å². The Morgan fingerprint density at radius 2 is 2.45 bits per heavy atom. The first-order chi connectivity index (χ1) is 9.69. The quantitative estimate of drug-likeness (QED) is 0.806. The lowest BCUT2D eigenvalue weighted by Gasteiger charge is -1.99. The van der Waals surface area contributed by atoms with Crippen LogP contribution >= 0.6 is 11.3 Å². The van der Waals surface area contributed by atoms with Crippen molar-refractivity contribution in [2.45, 2.75) is 13.0 Å². The highest BCUT2D eigenvalue weighted by molar-refractivity contribution is 7.10. The van der Waals surface area contributed by atoms with Gasteiger partial charge in [0.15, 0.2) is 5.82 Å². The zero-order valence-corrected chi connectivity index (χ0v) is 11.8. The van der Waals surface area contributed by atoms with E-state index in [1.165, 1.54) is 11.3 Å². The van der Waals surface area contributed by atoms with Crippen molar-refractivity contribution in [2.75, 3.05) is 6.61 Å². The van der Waals surface area contributed by atoms with Crippen LogP contribution in [0.3, 0.4) is 0 Å². The van der Waals surface area contributed by atoms with Crippen LogP contribution in [0.15, 0.2) is 17.8 Å². The fourth-order valence-corrected chi connectivity index (χ4v) is 2.21. The number of nitrogens with one attached hydrogen (secondary N) is 1. The molecule has 0 fully saturated rings. The van der Waals surface area contributed by atoms with Gasteiger partial charge >= 0.3 is 0 Å². The zero-order valence-electron chi connectivity index (χ0n) is 11.0. The van der Waals surface area contributed by atoms with Crippen LogP contribution in [0.1, 0.15) is 27.5 Å². The molecule has 0 spiro atoms. The summed E-state index contributed by atoms with van der Waals surface area (Å²) in [5.74, 6) is 6.11. The number of nitrogens with zero attached hydrogens (tertiary/aromatic N) is 3. The maximum absolute atomic E-state index is 11.9. The Morgan fingerprint density at radius 1 is 1.60 bits per heavy atom. The van der Waals surface area contributed by atoms with Gasteiger partial charge in [-0.2, -0.15) is 5.10 Å². The first kappa shape index (κ1) is 14.2. The average Bonchev–Trinajstić information content (AvgIpc) is 3.06. The van der Waals surface area contributed by atoms with E-state index < -0.39 is 0 Å². The Hall–Kier alpha value is -2.17. The molecule has 2 aromatic heterocycles. The molecule has 2 rings (SSSR count). The van der Waals surface area contributed by atoms with Crippen LogP contribution in [0.2, 0.25) is 0 Å². The third-order valence-corrected chi connectivity index (χ3v) is 3.21. The van der Waals surface area contributed by atoms with E-state index in [4.69, 9.17) is 5.11 Å². The van der Waals surface area contributed by atoms with Crippen molar-refractivity contribution in [3.8, 4) is 11.8 Å². The van der Waals surface area contributed by atoms with Gasteiger partial charge in [-0.05, 0) is 6.07 Å². The fraction of sp³-hybridized carbons (Fsp3) is 0.308. The lowest BCUT2D eigenvalue weighted by Crippen LogP contribution is -2.23. The van der Waals surface area contributed by atoms with Crippen molar-refractivity contribution in [3.05, 3.63) is 34.0 Å². The number of rotatable bonds is 4. The molecule has 2 heterocycles. The number of aliphatic hydroxyl groups is 1. The van der Waals surface area contributed by atoms with Gasteiger partial charge in [-0.3, -0.25) is 9.48 Å². The highest BCUT2D eigenvalue weighted by atomic mass is 32.1. The van der Waals surface area contributed by atoms with E-state index in [9.17, 15) is 4.79 Å². The zero-order chi connectivity index (χ0) is 14.4. The average molecular weight is 290 g/mol. The van der Waals surface area contributed by atoms with Gasteiger partial charge < -0.3 is 10.4 Å². The summed E-state index contributed by atoms with van der Waals surface area (Å²) in [6.45, 7) is 0.337. The van der Waals surface area contributed by atoms with Gasteiger partial charge in [-0.15, -0.1) is 11.3 Å². The second kappa shape index (κ2) is 6.84. The number of carbonyl (C=O) groups is 1. The molecule has 104 valence electrons. The molecule has 0 saturated carbocycles. The predicted molar refractivity (Wildman–Crippen MR) is 75.1 cm³/mol. The van der Waals surface area contributed by atoms with Crippen LogP contribution in [-0.2, 0) is 13.6 Å². The number of aromatic nitrogens is 3. The second-order valence-corrected chi connectivity index (χ2v) is 4.90. The number of thiophene rings is 1. The topological polar surface area (TPSA) is 80.0 Å². The monoisotopic (exact) mass is 290 g/mol. The van der Waals surface area contributed by atoms with Crippen molar-refractivity contribution in [2.24, 2.45) is 7.05 Å². The normalized spacial score (nSPS) is 9.90. The van der Waals surface area contributed by atoms with E-state index in [-0.39, 0.29) is 12.5 Å². The number of hydrogen-bond acceptors (Lipinski definition) is 5. The van der Waals surface area contributed by atoms with Crippen LogP contribution in [0.5, 0.6) is 0 Å². The maximum Gasteiger partial charge on any atom is 0.252 e. The summed E-state index contributed by atoms with van der Waals surface area (Å²) in [7, 11) is 1.77. The van der Waals surface area contributed by atoms with E-state index >= 15 is 0 Å². The van der Waals surface area contributed by atoms with Gasteiger partial charge in [0, 0.05) is 18.8 Å². The molecule has 2 N–H and O–H groups in total. The highest BCUT2D eigenvalue weighted by Crippen LogP contribution is 2.13. The lowest BCUT2D eigenvalue weighted by molar-refractivity contribution is 0.0950. The van der Waals surface area contributed by atoms with Crippen molar-refractivity contribution in [1.29, 1.82) is 0 Å². The lowest BCUT2D eigenvalue weighted by atomic mass is 10.3. The third kappa shape index (κ3) is 3.91. The molecule has 7 heteroatoms. The van der Waals surface area contributed by atoms with Gasteiger partial charge in [0.05, 0.1) is 23.6 Å². The number of hydrogen-bond donors (Lipinski definition) is 2. The van der Waals surface area contributed by atoms with Crippen LogP contribution < -0.4 is 5.32 Å². The molecular formula is C13H14N4O2S. The van der Waals surface area contributed by atoms with E-state index in [2.05, 4.69) is 27.2 Å². The maximum atomic E-state index is 11.9. The summed E-state index contributed by atoms with van der Waals surface area (Å²) >= 11 is 1.40. The largest absolute Gasteiger partial charge is 0.395 e.